The molecule has 0 atom stereocenters. The van der Waals surface area contributed by atoms with E-state index in [4.69, 9.17) is 0 Å². The minimum Gasteiger partial charge on any atom is -0.330 e. The van der Waals surface area contributed by atoms with Crippen molar-refractivity contribution in [2.45, 2.75) is 12.8 Å². The maximum atomic E-state index is 10.5. The van der Waals surface area contributed by atoms with E-state index >= 15 is 0 Å². The molecule has 0 aromatic carbocycles. The van der Waals surface area contributed by atoms with E-state index in [0.717, 1.165) is 0 Å². The third kappa shape index (κ3) is 2.19. The Hall–Kier alpha value is -1.11. The SMILES string of the molecule is O=C1CCC(=O)OS(=O)(=O)N1. The molecule has 1 aliphatic rings. The first-order valence-electron chi connectivity index (χ1n) is 2.77. The van der Waals surface area contributed by atoms with Crippen molar-refractivity contribution < 1.29 is 22.2 Å². The van der Waals surface area contributed by atoms with Gasteiger partial charge in [0.1, 0.15) is 0 Å². The lowest BCUT2D eigenvalue weighted by Crippen LogP contribution is -2.29. The van der Waals surface area contributed by atoms with Crippen LogP contribution in [0, 0.1) is 0 Å². The summed E-state index contributed by atoms with van der Waals surface area (Å²) in [5, 5.41) is 0. The Morgan fingerprint density at radius 3 is 2.55 bits per heavy atom. The van der Waals surface area contributed by atoms with E-state index < -0.39 is 22.2 Å². The predicted octanol–water partition coefficient (Wildman–Crippen LogP) is -1.32. The molecule has 0 aromatic heterocycles. The van der Waals surface area contributed by atoms with Crippen LogP contribution in [0.1, 0.15) is 12.8 Å². The molecular formula is C4H5NO5S. The van der Waals surface area contributed by atoms with Crippen molar-refractivity contribution in [1.29, 1.82) is 0 Å². The lowest BCUT2D eigenvalue weighted by atomic mass is 10.3. The summed E-state index contributed by atoms with van der Waals surface area (Å²) in [4.78, 5) is 21.0. The van der Waals surface area contributed by atoms with Gasteiger partial charge in [0.15, 0.2) is 0 Å². The average molecular weight is 179 g/mol. The molecule has 1 saturated heterocycles. The molecule has 0 bridgehead atoms. The molecule has 0 aromatic rings. The van der Waals surface area contributed by atoms with Gasteiger partial charge in [0.25, 0.3) is 0 Å². The van der Waals surface area contributed by atoms with Crippen LogP contribution >= 0.6 is 0 Å². The van der Waals surface area contributed by atoms with E-state index in [1.807, 2.05) is 0 Å². The smallest absolute Gasteiger partial charge is 0.330 e. The summed E-state index contributed by atoms with van der Waals surface area (Å²) in [6, 6.07) is 0. The van der Waals surface area contributed by atoms with Crippen LogP contribution in [0.2, 0.25) is 0 Å². The van der Waals surface area contributed by atoms with Crippen LogP contribution in [0.5, 0.6) is 0 Å². The molecule has 0 radical (unpaired) electrons. The Bertz CT molecular complexity index is 268. The van der Waals surface area contributed by atoms with Crippen molar-refractivity contribution in [3.05, 3.63) is 0 Å². The molecule has 62 valence electrons. The third-order valence-electron chi connectivity index (χ3n) is 0.998. The van der Waals surface area contributed by atoms with Crippen molar-refractivity contribution in [2.24, 2.45) is 0 Å². The van der Waals surface area contributed by atoms with E-state index in [9.17, 15) is 18.0 Å². The summed E-state index contributed by atoms with van der Waals surface area (Å²) in [6.07, 6.45) is -0.358. The second kappa shape index (κ2) is 2.50. The van der Waals surface area contributed by atoms with Gasteiger partial charge in [-0.1, -0.05) is 0 Å². The molecule has 1 N–H and O–H groups in total. The van der Waals surface area contributed by atoms with Gasteiger partial charge in [0.2, 0.25) is 5.91 Å². The van der Waals surface area contributed by atoms with E-state index in [2.05, 4.69) is 4.18 Å². The van der Waals surface area contributed by atoms with Gasteiger partial charge in [-0.05, 0) is 0 Å². The Labute approximate surface area is 62.8 Å². The molecule has 7 heteroatoms. The van der Waals surface area contributed by atoms with E-state index in [1.165, 1.54) is 4.72 Å². The van der Waals surface area contributed by atoms with Gasteiger partial charge < -0.3 is 4.18 Å². The highest BCUT2D eigenvalue weighted by molar-refractivity contribution is 7.85. The number of hydrogen-bond donors (Lipinski definition) is 1. The topological polar surface area (TPSA) is 89.5 Å². The number of carbonyl (C=O) groups excluding carboxylic acids is 2. The maximum Gasteiger partial charge on any atom is 0.412 e. The van der Waals surface area contributed by atoms with Gasteiger partial charge in [0, 0.05) is 6.42 Å². The Kier molecular flexibility index (Phi) is 1.81. The summed E-state index contributed by atoms with van der Waals surface area (Å²) in [7, 11) is -4.17. The van der Waals surface area contributed by atoms with Crippen molar-refractivity contribution >= 4 is 22.2 Å². The molecule has 11 heavy (non-hydrogen) atoms. The molecule has 1 heterocycles. The molecule has 1 aliphatic heterocycles. The zero-order chi connectivity index (χ0) is 8.48. The fraction of sp³-hybridized carbons (Fsp3) is 0.500. The predicted molar refractivity (Wildman–Crippen MR) is 32.4 cm³/mol. The van der Waals surface area contributed by atoms with Crippen molar-refractivity contribution in [3.63, 3.8) is 0 Å². The zero-order valence-corrected chi connectivity index (χ0v) is 6.18. The van der Waals surface area contributed by atoms with Gasteiger partial charge in [0.05, 0.1) is 6.42 Å². The summed E-state index contributed by atoms with van der Waals surface area (Å²) >= 11 is 0. The first kappa shape index (κ1) is 7.99. The summed E-state index contributed by atoms with van der Waals surface area (Å²) in [6.45, 7) is 0. The molecule has 1 rings (SSSR count). The summed E-state index contributed by atoms with van der Waals surface area (Å²) in [5.41, 5.74) is 0. The summed E-state index contributed by atoms with van der Waals surface area (Å²) in [5.74, 6) is -1.64. The second-order valence-corrected chi connectivity index (χ2v) is 3.21. The quantitative estimate of drug-likeness (QED) is 0.498. The number of hydrogen-bond acceptors (Lipinski definition) is 5. The van der Waals surface area contributed by atoms with Crippen LogP contribution in [0.15, 0.2) is 0 Å². The number of rotatable bonds is 0. The molecule has 0 unspecified atom stereocenters. The van der Waals surface area contributed by atoms with Crippen LogP contribution in [0.3, 0.4) is 0 Å². The van der Waals surface area contributed by atoms with Crippen LogP contribution in [-0.2, 0) is 24.1 Å². The highest BCUT2D eigenvalue weighted by atomic mass is 32.2. The molecule has 0 aliphatic carbocycles. The largest absolute Gasteiger partial charge is 0.412 e. The Balaban J connectivity index is 2.88. The average Bonchev–Trinajstić information content (AvgIpc) is 1.89. The van der Waals surface area contributed by atoms with Crippen molar-refractivity contribution in [1.82, 2.24) is 4.72 Å². The van der Waals surface area contributed by atoms with Crippen LogP contribution in [0.25, 0.3) is 0 Å². The van der Waals surface area contributed by atoms with E-state index in [-0.39, 0.29) is 12.8 Å². The molecule has 0 spiro atoms. The van der Waals surface area contributed by atoms with Gasteiger partial charge >= 0.3 is 16.3 Å². The highest BCUT2D eigenvalue weighted by Crippen LogP contribution is 2.02. The fourth-order valence-electron chi connectivity index (χ4n) is 0.591. The summed E-state index contributed by atoms with van der Waals surface area (Å²) < 4.78 is 26.4. The van der Waals surface area contributed by atoms with E-state index in [0.29, 0.717) is 0 Å². The third-order valence-corrected chi connectivity index (χ3v) is 1.88. The lowest BCUT2D eigenvalue weighted by molar-refractivity contribution is -0.134. The van der Waals surface area contributed by atoms with Gasteiger partial charge in [-0.25, -0.2) is 4.72 Å². The Morgan fingerprint density at radius 2 is 1.91 bits per heavy atom. The first-order valence-corrected chi connectivity index (χ1v) is 4.18. The molecular weight excluding hydrogens is 174 g/mol. The normalized spacial score (nSPS) is 23.3. The molecule has 0 saturated carbocycles. The fourth-order valence-corrected chi connectivity index (χ4v) is 1.34. The van der Waals surface area contributed by atoms with Gasteiger partial charge in [-0.2, -0.15) is 8.42 Å². The van der Waals surface area contributed by atoms with Gasteiger partial charge in [-0.3, -0.25) is 9.59 Å². The zero-order valence-electron chi connectivity index (χ0n) is 5.36. The minimum absolute atomic E-state index is 0.155. The number of amides is 1. The molecule has 6 nitrogen and oxygen atoms in total. The monoisotopic (exact) mass is 179 g/mol. The van der Waals surface area contributed by atoms with Crippen LogP contribution in [0.4, 0.5) is 0 Å². The number of nitrogens with one attached hydrogen (secondary N) is 1. The maximum absolute atomic E-state index is 10.5. The van der Waals surface area contributed by atoms with Crippen molar-refractivity contribution in [3.8, 4) is 0 Å². The van der Waals surface area contributed by atoms with Crippen molar-refractivity contribution in [2.75, 3.05) is 0 Å². The van der Waals surface area contributed by atoms with Gasteiger partial charge in [-0.15, -0.1) is 0 Å². The first-order chi connectivity index (χ1) is 4.99. The van der Waals surface area contributed by atoms with Crippen LogP contribution in [-0.4, -0.2) is 20.3 Å². The standard InChI is InChI=1S/C4H5NO5S/c6-3-1-2-4(7)10-11(8,9)5-3/h1-2H2,(H,5,6). The molecule has 1 fully saturated rings. The highest BCUT2D eigenvalue weighted by Gasteiger charge is 2.24. The second-order valence-electron chi connectivity index (χ2n) is 1.93. The number of carbonyl (C=O) groups is 2. The molecule has 1 amide bonds. The Morgan fingerprint density at radius 1 is 1.27 bits per heavy atom. The minimum atomic E-state index is -4.17. The van der Waals surface area contributed by atoms with E-state index in [1.54, 1.807) is 0 Å². The lowest BCUT2D eigenvalue weighted by Gasteiger charge is -1.98. The van der Waals surface area contributed by atoms with Crippen LogP contribution < -0.4 is 4.72 Å².